The summed E-state index contributed by atoms with van der Waals surface area (Å²) < 4.78 is 27.8. The second kappa shape index (κ2) is 6.75. The van der Waals surface area contributed by atoms with E-state index in [1.54, 1.807) is 0 Å². The molecule has 0 aliphatic carbocycles. The number of aromatic nitrogens is 3. The molecule has 0 fully saturated rings. The molecule has 0 amide bonds. The quantitative estimate of drug-likeness (QED) is 0.682. The molecule has 1 atom stereocenters. The van der Waals surface area contributed by atoms with Gasteiger partial charge in [-0.3, -0.25) is 4.21 Å². The number of nitrogens with one attached hydrogen (secondary N) is 1. The number of anilines is 4. The molecule has 0 aliphatic rings. The number of hydrogen-bond donors (Lipinski definition) is 3. The van der Waals surface area contributed by atoms with Crippen molar-refractivity contribution in [2.45, 2.75) is 24.7 Å². The van der Waals surface area contributed by atoms with Gasteiger partial charge in [0.2, 0.25) is 11.8 Å². The van der Waals surface area contributed by atoms with Gasteiger partial charge < -0.3 is 26.1 Å². The van der Waals surface area contributed by atoms with E-state index in [9.17, 15) is 8.76 Å². The Morgan fingerprint density at radius 1 is 1.30 bits per heavy atom. The van der Waals surface area contributed by atoms with Crippen molar-refractivity contribution in [1.82, 2.24) is 15.0 Å². The van der Waals surface area contributed by atoms with Crippen molar-refractivity contribution in [3.05, 3.63) is 18.0 Å². The van der Waals surface area contributed by atoms with E-state index >= 15 is 0 Å². The Morgan fingerprint density at radius 3 is 2.52 bits per heavy atom. The van der Waals surface area contributed by atoms with Crippen LogP contribution in [-0.2, 0) is 11.1 Å². The molecule has 0 aliphatic heterocycles. The van der Waals surface area contributed by atoms with Gasteiger partial charge in [-0.25, -0.2) is 9.97 Å². The summed E-state index contributed by atoms with van der Waals surface area (Å²) in [5.74, 6) is 0.240. The minimum Gasteiger partial charge on any atom is -0.768 e. The molecule has 124 valence electrons. The molecular formula is C13H17N6O3S-. The lowest BCUT2D eigenvalue weighted by Crippen LogP contribution is -2.08. The first-order chi connectivity index (χ1) is 10.8. The lowest BCUT2D eigenvalue weighted by atomic mass is 10.1. The highest BCUT2D eigenvalue weighted by Gasteiger charge is 2.17. The molecule has 10 heteroatoms. The maximum atomic E-state index is 11.4. The van der Waals surface area contributed by atoms with Crippen LogP contribution in [0.4, 0.5) is 23.1 Å². The molecule has 0 radical (unpaired) electrons. The Morgan fingerprint density at radius 2 is 2.00 bits per heavy atom. The van der Waals surface area contributed by atoms with Gasteiger partial charge >= 0.3 is 0 Å². The van der Waals surface area contributed by atoms with Crippen molar-refractivity contribution in [3.63, 3.8) is 0 Å². The van der Waals surface area contributed by atoms with E-state index in [2.05, 4.69) is 20.3 Å². The number of ether oxygens (including phenoxy) is 1. The number of nitrogens with two attached hydrogens (primary N) is 2. The molecule has 0 saturated heterocycles. The highest BCUT2D eigenvalue weighted by atomic mass is 32.2. The Labute approximate surface area is 135 Å². The van der Waals surface area contributed by atoms with Crippen LogP contribution < -0.4 is 21.5 Å². The summed E-state index contributed by atoms with van der Waals surface area (Å²) in [6, 6.07) is 1.43. The summed E-state index contributed by atoms with van der Waals surface area (Å²) in [6.07, 6.45) is 1.42. The van der Waals surface area contributed by atoms with E-state index in [1.807, 2.05) is 13.8 Å². The van der Waals surface area contributed by atoms with Crippen LogP contribution in [0.1, 0.15) is 25.5 Å². The van der Waals surface area contributed by atoms with Crippen LogP contribution in [-0.4, -0.2) is 30.8 Å². The lowest BCUT2D eigenvalue weighted by Gasteiger charge is -2.19. The molecule has 0 saturated carbocycles. The fourth-order valence-corrected chi connectivity index (χ4v) is 2.43. The molecule has 0 aromatic carbocycles. The van der Waals surface area contributed by atoms with Gasteiger partial charge in [-0.05, 0) is 23.1 Å². The maximum absolute atomic E-state index is 11.4. The van der Waals surface area contributed by atoms with Gasteiger partial charge in [0.1, 0.15) is 5.69 Å². The Balaban J connectivity index is 2.55. The van der Waals surface area contributed by atoms with Crippen LogP contribution in [0, 0.1) is 0 Å². The highest BCUT2D eigenvalue weighted by molar-refractivity contribution is 7.79. The number of nitrogens with zero attached hydrogens (tertiary/aromatic N) is 3. The first kappa shape index (κ1) is 16.9. The summed E-state index contributed by atoms with van der Waals surface area (Å²) in [6.45, 7) is 3.84. The third-order valence-electron chi connectivity index (χ3n) is 3.01. The molecule has 2 heterocycles. The SMILES string of the molecule is COc1nc(C(C)C)c(Nc2cnc(N)nc2N)cc1S(=O)[O-]. The molecule has 5 N–H and O–H groups in total. The minimum absolute atomic E-state index is 0.0106. The molecule has 9 nitrogen and oxygen atoms in total. The molecule has 0 spiro atoms. The van der Waals surface area contributed by atoms with Gasteiger partial charge in [0, 0.05) is 0 Å². The van der Waals surface area contributed by atoms with E-state index < -0.39 is 11.1 Å². The zero-order chi connectivity index (χ0) is 17.1. The van der Waals surface area contributed by atoms with E-state index in [4.69, 9.17) is 16.2 Å². The monoisotopic (exact) mass is 337 g/mol. The smallest absolute Gasteiger partial charge is 0.228 e. The highest BCUT2D eigenvalue weighted by Crippen LogP contribution is 2.33. The van der Waals surface area contributed by atoms with Crippen LogP contribution in [0.15, 0.2) is 17.2 Å². The topological polar surface area (TPSA) is 152 Å². The number of rotatable bonds is 5. The fourth-order valence-electron chi connectivity index (χ4n) is 1.95. The summed E-state index contributed by atoms with van der Waals surface area (Å²) in [7, 11) is 1.36. The number of methoxy groups -OCH3 is 1. The predicted molar refractivity (Wildman–Crippen MR) is 86.2 cm³/mol. The van der Waals surface area contributed by atoms with Crippen molar-refractivity contribution in [2.75, 3.05) is 23.9 Å². The van der Waals surface area contributed by atoms with Crippen LogP contribution in [0.5, 0.6) is 5.88 Å². The van der Waals surface area contributed by atoms with Crippen LogP contribution in [0.3, 0.4) is 0 Å². The van der Waals surface area contributed by atoms with Gasteiger partial charge in [0.15, 0.2) is 5.82 Å². The van der Waals surface area contributed by atoms with Crippen LogP contribution >= 0.6 is 0 Å². The fraction of sp³-hybridized carbons (Fsp3) is 0.308. The third-order valence-corrected chi connectivity index (χ3v) is 3.66. The van der Waals surface area contributed by atoms with E-state index in [0.717, 1.165) is 0 Å². The van der Waals surface area contributed by atoms with Gasteiger partial charge in [-0.15, -0.1) is 0 Å². The van der Waals surface area contributed by atoms with Crippen molar-refractivity contribution in [2.24, 2.45) is 0 Å². The average Bonchev–Trinajstić information content (AvgIpc) is 2.49. The number of hydrogen-bond acceptors (Lipinski definition) is 9. The van der Waals surface area contributed by atoms with E-state index in [0.29, 0.717) is 17.1 Å². The zero-order valence-electron chi connectivity index (χ0n) is 12.9. The van der Waals surface area contributed by atoms with Gasteiger partial charge in [-0.1, -0.05) is 13.8 Å². The van der Waals surface area contributed by atoms with Crippen molar-refractivity contribution < 1.29 is 13.5 Å². The lowest BCUT2D eigenvalue weighted by molar-refractivity contribution is 0.381. The molecule has 23 heavy (non-hydrogen) atoms. The van der Waals surface area contributed by atoms with E-state index in [-0.39, 0.29) is 28.5 Å². The summed E-state index contributed by atoms with van der Waals surface area (Å²) in [5.41, 5.74) is 12.7. The standard InChI is InChI=1S/C13H18N6O3S/c1-6(2)10-7(4-9(23(20)21)12(18-10)22-3)17-8-5-16-13(15)19-11(8)14/h4-6,17H,1-3H3,(H,20,21)(H4,14,15,16,19)/p-1. The molecule has 2 aromatic rings. The summed E-state index contributed by atoms with van der Waals surface area (Å²) >= 11 is -2.50. The van der Waals surface area contributed by atoms with Crippen LogP contribution in [0.25, 0.3) is 0 Å². The van der Waals surface area contributed by atoms with Crippen molar-refractivity contribution in [3.8, 4) is 5.88 Å². The second-order valence-corrected chi connectivity index (χ2v) is 5.88. The van der Waals surface area contributed by atoms with Crippen molar-refractivity contribution in [1.29, 1.82) is 0 Å². The van der Waals surface area contributed by atoms with Crippen molar-refractivity contribution >= 4 is 34.2 Å². The third kappa shape index (κ3) is 3.66. The molecule has 2 aromatic heterocycles. The van der Waals surface area contributed by atoms with Gasteiger partial charge in [-0.2, -0.15) is 4.98 Å². The summed E-state index contributed by atoms with van der Waals surface area (Å²) in [4.78, 5) is 11.9. The van der Waals surface area contributed by atoms with Gasteiger partial charge in [0.05, 0.1) is 29.6 Å². The predicted octanol–water partition coefficient (Wildman–Crippen LogP) is 1.15. The second-order valence-electron chi connectivity index (χ2n) is 4.97. The minimum atomic E-state index is -2.50. The molecule has 2 rings (SSSR count). The average molecular weight is 337 g/mol. The molecular weight excluding hydrogens is 320 g/mol. The van der Waals surface area contributed by atoms with Gasteiger partial charge in [0.25, 0.3) is 0 Å². The Kier molecular flexibility index (Phi) is 4.96. The normalized spacial score (nSPS) is 12.2. The Bertz CT molecular complexity index is 753. The van der Waals surface area contributed by atoms with E-state index in [1.165, 1.54) is 19.4 Å². The number of pyridine rings is 1. The largest absolute Gasteiger partial charge is 0.768 e. The molecule has 1 unspecified atom stereocenters. The Hall–Kier alpha value is -2.46. The zero-order valence-corrected chi connectivity index (χ0v) is 13.7. The first-order valence-electron chi connectivity index (χ1n) is 6.66. The first-order valence-corrected chi connectivity index (χ1v) is 7.74. The summed E-state index contributed by atoms with van der Waals surface area (Å²) in [5, 5.41) is 3.00. The number of nitrogen functional groups attached to an aromatic ring is 2. The maximum Gasteiger partial charge on any atom is 0.228 e. The molecule has 0 bridgehead atoms. The van der Waals surface area contributed by atoms with Crippen LogP contribution in [0.2, 0.25) is 0 Å².